The van der Waals surface area contributed by atoms with E-state index >= 15 is 0 Å². The summed E-state index contributed by atoms with van der Waals surface area (Å²) in [5.74, 6) is 0.480. The van der Waals surface area contributed by atoms with Crippen molar-refractivity contribution in [2.24, 2.45) is 0 Å². The minimum atomic E-state index is -4.43. The summed E-state index contributed by atoms with van der Waals surface area (Å²) in [7, 11) is 0. The van der Waals surface area contributed by atoms with E-state index in [9.17, 15) is 13.2 Å². The molecule has 0 saturated heterocycles. The lowest BCUT2D eigenvalue weighted by molar-refractivity contribution is -0.142. The molecule has 0 aliphatic carbocycles. The molecular formula is C16H24F3N3O. The van der Waals surface area contributed by atoms with Gasteiger partial charge in [-0.15, -0.1) is 0 Å². The highest BCUT2D eigenvalue weighted by Gasteiger charge is 2.41. The van der Waals surface area contributed by atoms with Gasteiger partial charge in [-0.3, -0.25) is 4.68 Å². The second-order valence-corrected chi connectivity index (χ2v) is 7.09. The number of fused-ring (bicyclic) bond motifs is 1. The quantitative estimate of drug-likeness (QED) is 0.780. The fourth-order valence-electron chi connectivity index (χ4n) is 2.73. The molecule has 0 radical (unpaired) electrons. The highest BCUT2D eigenvalue weighted by Crippen LogP contribution is 2.36. The van der Waals surface area contributed by atoms with E-state index in [0.29, 0.717) is 30.2 Å². The third kappa shape index (κ3) is 3.82. The molecule has 1 aliphatic heterocycles. The number of rotatable bonds is 3. The van der Waals surface area contributed by atoms with Crippen molar-refractivity contribution >= 4 is 0 Å². The molecule has 0 amide bonds. The minimum Gasteiger partial charge on any atom is -0.474 e. The molecule has 1 aromatic rings. The van der Waals surface area contributed by atoms with Gasteiger partial charge in [0.2, 0.25) is 0 Å². The Kier molecular flexibility index (Phi) is 4.43. The van der Waals surface area contributed by atoms with Gasteiger partial charge in [0, 0.05) is 18.2 Å². The lowest BCUT2D eigenvalue weighted by atomic mass is 10.0. The van der Waals surface area contributed by atoms with Gasteiger partial charge in [-0.25, -0.2) is 0 Å². The summed E-state index contributed by atoms with van der Waals surface area (Å²) < 4.78 is 46.8. The molecule has 1 aromatic heterocycles. The monoisotopic (exact) mass is 331 g/mol. The van der Waals surface area contributed by atoms with Crippen LogP contribution in [-0.4, -0.2) is 26.8 Å². The van der Waals surface area contributed by atoms with Crippen LogP contribution < -0.4 is 0 Å². The van der Waals surface area contributed by atoms with Gasteiger partial charge in [-0.2, -0.15) is 18.3 Å². The van der Waals surface area contributed by atoms with Crippen molar-refractivity contribution in [1.29, 1.82) is 0 Å². The Morgan fingerprint density at radius 1 is 1.26 bits per heavy atom. The maximum absolute atomic E-state index is 13.2. The summed E-state index contributed by atoms with van der Waals surface area (Å²) in [5, 5.41) is 3.83. The van der Waals surface area contributed by atoms with Crippen molar-refractivity contribution < 1.29 is 17.9 Å². The van der Waals surface area contributed by atoms with E-state index in [1.165, 1.54) is 4.68 Å². The van der Waals surface area contributed by atoms with Crippen LogP contribution in [0.4, 0.5) is 13.2 Å². The summed E-state index contributed by atoms with van der Waals surface area (Å²) in [6.07, 6.45) is -4.14. The van der Waals surface area contributed by atoms with Gasteiger partial charge in [0.05, 0.1) is 12.2 Å². The van der Waals surface area contributed by atoms with Crippen LogP contribution in [0, 0.1) is 0 Å². The average Bonchev–Trinajstić information content (AvgIpc) is 2.74. The lowest BCUT2D eigenvalue weighted by Gasteiger charge is -2.34. The Labute approximate surface area is 134 Å². The van der Waals surface area contributed by atoms with Crippen LogP contribution in [0.15, 0.2) is 12.5 Å². The predicted molar refractivity (Wildman–Crippen MR) is 81.7 cm³/mol. The largest absolute Gasteiger partial charge is 0.474 e. The van der Waals surface area contributed by atoms with Gasteiger partial charge in [-0.05, 0) is 47.6 Å². The van der Waals surface area contributed by atoms with Crippen molar-refractivity contribution in [3.8, 4) is 0 Å². The summed E-state index contributed by atoms with van der Waals surface area (Å²) in [6, 6.07) is -0.142. The Morgan fingerprint density at radius 3 is 2.35 bits per heavy atom. The topological polar surface area (TPSA) is 30.3 Å². The van der Waals surface area contributed by atoms with Crippen LogP contribution in [0.25, 0.3) is 0 Å². The fraction of sp³-hybridized carbons (Fsp3) is 0.688. The molecule has 0 N–H and O–H groups in total. The molecule has 23 heavy (non-hydrogen) atoms. The fourth-order valence-corrected chi connectivity index (χ4v) is 2.73. The van der Waals surface area contributed by atoms with Crippen molar-refractivity contribution in [1.82, 2.24) is 14.7 Å². The maximum atomic E-state index is 13.2. The van der Waals surface area contributed by atoms with Crippen molar-refractivity contribution in [2.75, 3.05) is 6.54 Å². The second kappa shape index (κ2) is 5.76. The normalized spacial score (nSPS) is 15.8. The van der Waals surface area contributed by atoms with Gasteiger partial charge >= 0.3 is 6.18 Å². The number of halogens is 3. The first-order chi connectivity index (χ1) is 10.4. The van der Waals surface area contributed by atoms with Crippen LogP contribution >= 0.6 is 0 Å². The molecule has 2 rings (SSSR count). The zero-order valence-corrected chi connectivity index (χ0v) is 14.3. The van der Waals surface area contributed by atoms with Crippen LogP contribution in [-0.2, 0) is 23.9 Å². The minimum absolute atomic E-state index is 0.142. The van der Waals surface area contributed by atoms with Gasteiger partial charge in [0.15, 0.2) is 11.6 Å². The van der Waals surface area contributed by atoms with E-state index in [1.54, 1.807) is 0 Å². The number of hydrogen-bond acceptors (Lipinski definition) is 3. The van der Waals surface area contributed by atoms with E-state index in [2.05, 4.69) is 11.7 Å². The molecule has 130 valence electrons. The molecule has 0 bridgehead atoms. The van der Waals surface area contributed by atoms with Gasteiger partial charge in [0.1, 0.15) is 5.60 Å². The van der Waals surface area contributed by atoms with Crippen molar-refractivity contribution in [3.63, 3.8) is 0 Å². The van der Waals surface area contributed by atoms with Crippen LogP contribution in [0.5, 0.6) is 0 Å². The van der Waals surface area contributed by atoms with Gasteiger partial charge in [0.25, 0.3) is 0 Å². The van der Waals surface area contributed by atoms with Gasteiger partial charge < -0.3 is 9.64 Å². The molecule has 0 saturated carbocycles. The first kappa shape index (κ1) is 17.7. The first-order valence-corrected chi connectivity index (χ1v) is 7.70. The second-order valence-electron chi connectivity index (χ2n) is 7.09. The van der Waals surface area contributed by atoms with Crippen molar-refractivity contribution in [2.45, 2.75) is 65.4 Å². The van der Waals surface area contributed by atoms with E-state index in [-0.39, 0.29) is 12.5 Å². The maximum Gasteiger partial charge on any atom is 0.435 e. The molecular weight excluding hydrogens is 307 g/mol. The van der Waals surface area contributed by atoms with Crippen LogP contribution in [0.1, 0.15) is 57.6 Å². The molecule has 0 aromatic carbocycles. The van der Waals surface area contributed by atoms with Crippen LogP contribution in [0.2, 0.25) is 0 Å². The van der Waals surface area contributed by atoms with E-state index < -0.39 is 17.5 Å². The number of alkyl halides is 3. The molecule has 1 aliphatic rings. The summed E-state index contributed by atoms with van der Waals surface area (Å²) in [5.41, 5.74) is -0.265. The average molecular weight is 331 g/mol. The molecule has 4 nitrogen and oxygen atoms in total. The van der Waals surface area contributed by atoms with Crippen LogP contribution in [0.3, 0.4) is 0 Å². The van der Waals surface area contributed by atoms with Gasteiger partial charge in [-0.1, -0.05) is 0 Å². The highest BCUT2D eigenvalue weighted by atomic mass is 19.4. The Balaban J connectivity index is 2.33. The SMILES string of the molecule is C=C(OC(C)(C)C)N1CCc2c(C(F)(F)F)nn(C(C)C)c2C1. The number of hydrogen-bond donors (Lipinski definition) is 0. The zero-order valence-electron chi connectivity index (χ0n) is 14.3. The highest BCUT2D eigenvalue weighted by molar-refractivity contribution is 5.31. The molecule has 0 unspecified atom stereocenters. The Hall–Kier alpha value is -1.66. The Morgan fingerprint density at radius 2 is 1.87 bits per heavy atom. The number of aromatic nitrogens is 2. The molecule has 0 atom stereocenters. The molecule has 2 heterocycles. The summed E-state index contributed by atoms with van der Waals surface area (Å²) >= 11 is 0. The smallest absolute Gasteiger partial charge is 0.435 e. The van der Waals surface area contributed by atoms with E-state index in [1.807, 2.05) is 39.5 Å². The van der Waals surface area contributed by atoms with E-state index in [0.717, 1.165) is 0 Å². The summed E-state index contributed by atoms with van der Waals surface area (Å²) in [4.78, 5) is 1.87. The van der Waals surface area contributed by atoms with E-state index in [4.69, 9.17) is 4.74 Å². The lowest BCUT2D eigenvalue weighted by Crippen LogP contribution is -2.35. The molecule has 0 spiro atoms. The van der Waals surface area contributed by atoms with Crippen molar-refractivity contribution in [3.05, 3.63) is 29.4 Å². The molecule has 7 heteroatoms. The number of ether oxygens (including phenoxy) is 1. The first-order valence-electron chi connectivity index (χ1n) is 7.70. The number of nitrogens with zero attached hydrogens (tertiary/aromatic N) is 3. The third-order valence-corrected chi connectivity index (χ3v) is 3.63. The predicted octanol–water partition coefficient (Wildman–Crippen LogP) is 4.13. The Bertz CT molecular complexity index is 597. The third-order valence-electron chi connectivity index (χ3n) is 3.63. The molecule has 0 fully saturated rings. The summed E-state index contributed by atoms with van der Waals surface area (Å²) in [6.45, 7) is 14.1. The zero-order chi connectivity index (χ0) is 17.6. The standard InChI is InChI=1S/C16H24F3N3O/c1-10(2)22-13-9-21(11(3)23-15(4,5)6)8-7-12(13)14(20-22)16(17,18)19/h10H,3,7-9H2,1-2,4-6H3.